The molecule has 0 saturated heterocycles. The second kappa shape index (κ2) is 4.78. The SMILES string of the molecule is CCCCC(N)=C[N+](=O)[O-]. The van der Waals surface area contributed by atoms with Crippen molar-refractivity contribution in [2.45, 2.75) is 26.2 Å². The molecule has 4 heteroatoms. The van der Waals surface area contributed by atoms with Gasteiger partial charge in [0.25, 0.3) is 6.20 Å². The van der Waals surface area contributed by atoms with E-state index in [9.17, 15) is 10.1 Å². The molecule has 0 atom stereocenters. The van der Waals surface area contributed by atoms with Crippen LogP contribution in [0.2, 0.25) is 0 Å². The number of hydrogen-bond acceptors (Lipinski definition) is 3. The predicted octanol–water partition coefficient (Wildman–Crippen LogP) is 1.25. The second-order valence-electron chi connectivity index (χ2n) is 2.09. The Morgan fingerprint density at radius 3 is 2.80 bits per heavy atom. The van der Waals surface area contributed by atoms with E-state index in [0.717, 1.165) is 19.0 Å². The lowest BCUT2D eigenvalue weighted by Crippen LogP contribution is -2.00. The third kappa shape index (κ3) is 5.08. The summed E-state index contributed by atoms with van der Waals surface area (Å²) in [4.78, 5) is 9.30. The number of nitro groups is 1. The molecule has 0 bridgehead atoms. The van der Waals surface area contributed by atoms with Crippen molar-refractivity contribution < 1.29 is 4.92 Å². The maximum Gasteiger partial charge on any atom is 0.252 e. The Kier molecular flexibility index (Phi) is 4.28. The van der Waals surface area contributed by atoms with Gasteiger partial charge < -0.3 is 5.73 Å². The second-order valence-corrected chi connectivity index (χ2v) is 2.09. The summed E-state index contributed by atoms with van der Waals surface area (Å²) in [7, 11) is 0. The molecule has 10 heavy (non-hydrogen) atoms. The summed E-state index contributed by atoms with van der Waals surface area (Å²) in [6, 6.07) is 0. The fraction of sp³-hybridized carbons (Fsp3) is 0.667. The van der Waals surface area contributed by atoms with Crippen molar-refractivity contribution in [2.75, 3.05) is 0 Å². The van der Waals surface area contributed by atoms with E-state index in [4.69, 9.17) is 5.73 Å². The molecular weight excluding hydrogens is 132 g/mol. The summed E-state index contributed by atoms with van der Waals surface area (Å²) < 4.78 is 0. The maximum atomic E-state index is 9.82. The zero-order valence-corrected chi connectivity index (χ0v) is 6.04. The molecule has 0 rings (SSSR count). The molecule has 0 radical (unpaired) electrons. The minimum absolute atomic E-state index is 0.354. The fourth-order valence-electron chi connectivity index (χ4n) is 0.581. The smallest absolute Gasteiger partial charge is 0.252 e. The van der Waals surface area contributed by atoms with E-state index < -0.39 is 4.92 Å². The Labute approximate surface area is 59.9 Å². The molecular formula is C6H12N2O2. The molecule has 0 aliphatic heterocycles. The Balaban J connectivity index is 3.60. The van der Waals surface area contributed by atoms with Crippen LogP contribution in [-0.4, -0.2) is 4.92 Å². The van der Waals surface area contributed by atoms with E-state index in [-0.39, 0.29) is 0 Å². The summed E-state index contributed by atoms with van der Waals surface area (Å²) in [5.41, 5.74) is 5.63. The van der Waals surface area contributed by atoms with E-state index in [0.29, 0.717) is 12.1 Å². The van der Waals surface area contributed by atoms with Gasteiger partial charge in [0.15, 0.2) is 0 Å². The average Bonchev–Trinajstić information content (AvgIpc) is 1.82. The summed E-state index contributed by atoms with van der Waals surface area (Å²) in [5, 5.41) is 9.82. The lowest BCUT2D eigenvalue weighted by molar-refractivity contribution is -0.403. The number of unbranched alkanes of at least 4 members (excludes halogenated alkanes) is 1. The molecule has 0 aliphatic rings. The maximum absolute atomic E-state index is 9.82. The van der Waals surface area contributed by atoms with Crippen molar-refractivity contribution in [3.8, 4) is 0 Å². The van der Waals surface area contributed by atoms with Crippen LogP contribution in [0.25, 0.3) is 0 Å². The molecule has 0 amide bonds. The Morgan fingerprint density at radius 2 is 2.40 bits per heavy atom. The largest absolute Gasteiger partial charge is 0.397 e. The molecule has 0 aliphatic carbocycles. The van der Waals surface area contributed by atoms with Gasteiger partial charge in [0.1, 0.15) is 0 Å². The van der Waals surface area contributed by atoms with Crippen LogP contribution in [0.15, 0.2) is 11.9 Å². The van der Waals surface area contributed by atoms with E-state index in [2.05, 4.69) is 0 Å². The van der Waals surface area contributed by atoms with Crippen LogP contribution >= 0.6 is 0 Å². The number of nitrogens with two attached hydrogens (primary N) is 1. The fourth-order valence-corrected chi connectivity index (χ4v) is 0.581. The molecule has 0 unspecified atom stereocenters. The van der Waals surface area contributed by atoms with E-state index in [1.165, 1.54) is 0 Å². The van der Waals surface area contributed by atoms with Crippen molar-refractivity contribution in [1.82, 2.24) is 0 Å². The Morgan fingerprint density at radius 1 is 1.80 bits per heavy atom. The first-order valence-corrected chi connectivity index (χ1v) is 3.26. The highest BCUT2D eigenvalue weighted by molar-refractivity contribution is 4.89. The van der Waals surface area contributed by atoms with Gasteiger partial charge in [-0.1, -0.05) is 13.3 Å². The van der Waals surface area contributed by atoms with Crippen LogP contribution in [-0.2, 0) is 0 Å². The molecule has 0 spiro atoms. The van der Waals surface area contributed by atoms with Gasteiger partial charge in [-0.2, -0.15) is 0 Å². The minimum Gasteiger partial charge on any atom is -0.397 e. The quantitative estimate of drug-likeness (QED) is 0.477. The highest BCUT2D eigenvalue weighted by Crippen LogP contribution is 2.00. The van der Waals surface area contributed by atoms with Gasteiger partial charge in [0.2, 0.25) is 0 Å². The molecule has 0 aromatic carbocycles. The topological polar surface area (TPSA) is 69.2 Å². The Bertz CT molecular complexity index is 143. The first-order chi connectivity index (χ1) is 4.66. The lowest BCUT2D eigenvalue weighted by atomic mass is 10.2. The lowest BCUT2D eigenvalue weighted by Gasteiger charge is -1.93. The van der Waals surface area contributed by atoms with Crippen LogP contribution in [0.5, 0.6) is 0 Å². The van der Waals surface area contributed by atoms with Gasteiger partial charge in [-0.15, -0.1) is 0 Å². The molecule has 0 fully saturated rings. The number of hydrogen-bond donors (Lipinski definition) is 1. The molecule has 0 aromatic rings. The van der Waals surface area contributed by atoms with Crippen molar-refractivity contribution >= 4 is 0 Å². The van der Waals surface area contributed by atoms with Gasteiger partial charge in [0.05, 0.1) is 10.6 Å². The van der Waals surface area contributed by atoms with Crippen molar-refractivity contribution in [1.29, 1.82) is 0 Å². The molecule has 0 saturated carbocycles. The first-order valence-electron chi connectivity index (χ1n) is 3.26. The monoisotopic (exact) mass is 144 g/mol. The predicted molar refractivity (Wildman–Crippen MR) is 38.8 cm³/mol. The zero-order valence-electron chi connectivity index (χ0n) is 6.04. The summed E-state index contributed by atoms with van der Waals surface area (Å²) in [5.74, 6) is 0. The first kappa shape index (κ1) is 8.94. The van der Waals surface area contributed by atoms with Gasteiger partial charge >= 0.3 is 0 Å². The zero-order chi connectivity index (χ0) is 7.98. The van der Waals surface area contributed by atoms with Crippen LogP contribution < -0.4 is 5.73 Å². The highest BCUT2D eigenvalue weighted by atomic mass is 16.6. The number of rotatable bonds is 4. The molecule has 0 heterocycles. The van der Waals surface area contributed by atoms with E-state index in [1.807, 2.05) is 6.92 Å². The van der Waals surface area contributed by atoms with Gasteiger partial charge in [-0.05, 0) is 12.8 Å². The van der Waals surface area contributed by atoms with Crippen LogP contribution in [0.3, 0.4) is 0 Å². The Hall–Kier alpha value is -1.06. The van der Waals surface area contributed by atoms with Crippen LogP contribution in [0, 0.1) is 10.1 Å². The van der Waals surface area contributed by atoms with Crippen molar-refractivity contribution in [3.63, 3.8) is 0 Å². The third-order valence-corrected chi connectivity index (χ3v) is 1.09. The summed E-state index contributed by atoms with van der Waals surface area (Å²) >= 11 is 0. The number of allylic oxidation sites excluding steroid dienone is 1. The van der Waals surface area contributed by atoms with Gasteiger partial charge in [-0.3, -0.25) is 10.1 Å². The van der Waals surface area contributed by atoms with E-state index in [1.54, 1.807) is 0 Å². The van der Waals surface area contributed by atoms with Gasteiger partial charge in [-0.25, -0.2) is 0 Å². The van der Waals surface area contributed by atoms with E-state index >= 15 is 0 Å². The highest BCUT2D eigenvalue weighted by Gasteiger charge is 1.94. The third-order valence-electron chi connectivity index (χ3n) is 1.09. The van der Waals surface area contributed by atoms with Crippen LogP contribution in [0.1, 0.15) is 26.2 Å². The van der Waals surface area contributed by atoms with Crippen molar-refractivity contribution in [2.24, 2.45) is 5.73 Å². The molecule has 4 nitrogen and oxygen atoms in total. The average molecular weight is 144 g/mol. The molecule has 2 N–H and O–H groups in total. The van der Waals surface area contributed by atoms with Crippen molar-refractivity contribution in [3.05, 3.63) is 22.0 Å². The summed E-state index contributed by atoms with van der Waals surface area (Å²) in [6.07, 6.45) is 3.40. The number of nitrogens with zero attached hydrogens (tertiary/aromatic N) is 1. The molecule has 0 aromatic heterocycles. The van der Waals surface area contributed by atoms with Crippen LogP contribution in [0.4, 0.5) is 0 Å². The van der Waals surface area contributed by atoms with Gasteiger partial charge in [0, 0.05) is 0 Å². The standard InChI is InChI=1S/C6H12N2O2/c1-2-3-4-6(7)5-8(9)10/h5H,2-4,7H2,1H3. The molecule has 58 valence electrons. The minimum atomic E-state index is -0.523. The normalized spacial score (nSPS) is 11.5. The summed E-state index contributed by atoms with van der Waals surface area (Å²) in [6.45, 7) is 2.01.